The number of nitrogens with zero attached hydrogens (tertiary/aromatic N) is 5. The van der Waals surface area contributed by atoms with Crippen LogP contribution in [0.5, 0.6) is 0 Å². The molecule has 11 heteroatoms. The largest absolute Gasteiger partial charge is 0.391 e. The van der Waals surface area contributed by atoms with Gasteiger partial charge in [0.1, 0.15) is 10.7 Å². The highest BCUT2D eigenvalue weighted by Gasteiger charge is 2.26. The summed E-state index contributed by atoms with van der Waals surface area (Å²) in [6.45, 7) is 1.13. The van der Waals surface area contributed by atoms with Gasteiger partial charge in [-0.25, -0.2) is 22.7 Å². The Morgan fingerprint density at radius 1 is 1.32 bits per heavy atom. The van der Waals surface area contributed by atoms with Crippen LogP contribution in [0.3, 0.4) is 0 Å². The van der Waals surface area contributed by atoms with Gasteiger partial charge in [0.05, 0.1) is 11.5 Å². The summed E-state index contributed by atoms with van der Waals surface area (Å²) in [6.07, 6.45) is 3.13. The summed E-state index contributed by atoms with van der Waals surface area (Å²) in [5.41, 5.74) is -0.270. The summed E-state index contributed by atoms with van der Waals surface area (Å²) in [7, 11) is -1.18. The average Bonchev–Trinajstić information content (AvgIpc) is 3.33. The number of rotatable bonds is 4. The van der Waals surface area contributed by atoms with E-state index in [9.17, 15) is 18.3 Å². The number of thiazole rings is 1. The van der Waals surface area contributed by atoms with Crippen LogP contribution in [0, 0.1) is 0 Å². The number of aromatic nitrogens is 3. The Hall–Kier alpha value is -2.34. The van der Waals surface area contributed by atoms with E-state index in [-0.39, 0.29) is 10.3 Å². The number of pyridine rings is 2. The number of hydrogen-bond donors (Lipinski definition) is 1. The van der Waals surface area contributed by atoms with Crippen molar-refractivity contribution in [2.45, 2.75) is 17.4 Å². The third-order valence-electron chi connectivity index (χ3n) is 4.67. The Morgan fingerprint density at radius 3 is 2.71 bits per heavy atom. The van der Waals surface area contributed by atoms with Crippen LogP contribution in [0.4, 0.5) is 5.82 Å². The molecule has 0 saturated carbocycles. The minimum Gasteiger partial charge on any atom is -0.391 e. The molecule has 3 aromatic rings. The standard InChI is InChI=1S/C17H19N5O4S2/c1-20(2)28(25,26)13-10-22(17-18-6-8-27-17)16-12(15(13)24)3-4-14(19-16)21-7-5-11(23)9-21/h3-4,6,8,10-11,23H,5,7,9H2,1-2H3. The first-order valence-corrected chi connectivity index (χ1v) is 10.9. The predicted octanol–water partition coefficient (Wildman–Crippen LogP) is 0.663. The van der Waals surface area contributed by atoms with Gasteiger partial charge in [-0.3, -0.25) is 9.36 Å². The van der Waals surface area contributed by atoms with Crippen LogP contribution in [0.2, 0.25) is 0 Å². The molecule has 0 bridgehead atoms. The van der Waals surface area contributed by atoms with Crippen molar-refractivity contribution in [2.24, 2.45) is 0 Å². The molecule has 0 aliphatic carbocycles. The van der Waals surface area contributed by atoms with Crippen molar-refractivity contribution in [2.75, 3.05) is 32.1 Å². The highest BCUT2D eigenvalue weighted by molar-refractivity contribution is 7.89. The SMILES string of the molecule is CN(C)S(=O)(=O)c1cn(-c2nccs2)c2nc(N3CCC(O)C3)ccc2c1=O. The summed E-state index contributed by atoms with van der Waals surface area (Å²) >= 11 is 1.31. The molecule has 9 nitrogen and oxygen atoms in total. The first kappa shape index (κ1) is 19.0. The predicted molar refractivity (Wildman–Crippen MR) is 107 cm³/mol. The zero-order chi connectivity index (χ0) is 20.1. The van der Waals surface area contributed by atoms with E-state index < -0.39 is 21.6 Å². The fraction of sp³-hybridized carbons (Fsp3) is 0.353. The molecular weight excluding hydrogens is 402 g/mol. The van der Waals surface area contributed by atoms with Crippen molar-refractivity contribution in [3.63, 3.8) is 0 Å². The highest BCUT2D eigenvalue weighted by Crippen LogP contribution is 2.25. The van der Waals surface area contributed by atoms with Crippen LogP contribution in [-0.2, 0) is 10.0 Å². The Labute approximate surface area is 165 Å². The number of β-amino-alcohol motifs (C(OH)–C–C–N with tert-alkyl or cyclic N) is 1. The van der Waals surface area contributed by atoms with Gasteiger partial charge in [-0.2, -0.15) is 0 Å². The summed E-state index contributed by atoms with van der Waals surface area (Å²) in [5, 5.41) is 12.3. The maximum atomic E-state index is 13.0. The fourth-order valence-electron chi connectivity index (χ4n) is 3.16. The number of sulfonamides is 1. The van der Waals surface area contributed by atoms with Crippen LogP contribution >= 0.6 is 11.3 Å². The van der Waals surface area contributed by atoms with Gasteiger partial charge >= 0.3 is 0 Å². The normalized spacial score (nSPS) is 17.7. The number of anilines is 1. The van der Waals surface area contributed by atoms with Gasteiger partial charge in [0, 0.05) is 45.0 Å². The number of fused-ring (bicyclic) bond motifs is 1. The first-order valence-electron chi connectivity index (χ1n) is 8.61. The number of hydrogen-bond acceptors (Lipinski definition) is 8. The van der Waals surface area contributed by atoms with Gasteiger partial charge in [0.2, 0.25) is 15.5 Å². The van der Waals surface area contributed by atoms with Crippen molar-refractivity contribution in [1.29, 1.82) is 0 Å². The van der Waals surface area contributed by atoms with Crippen LogP contribution in [0.25, 0.3) is 16.2 Å². The summed E-state index contributed by atoms with van der Waals surface area (Å²) in [6, 6.07) is 3.27. The first-order chi connectivity index (χ1) is 13.3. The van der Waals surface area contributed by atoms with Crippen molar-refractivity contribution in [3.05, 3.63) is 40.1 Å². The van der Waals surface area contributed by atoms with Crippen molar-refractivity contribution < 1.29 is 13.5 Å². The van der Waals surface area contributed by atoms with Crippen LogP contribution in [-0.4, -0.2) is 65.7 Å². The monoisotopic (exact) mass is 421 g/mol. The van der Waals surface area contributed by atoms with Gasteiger partial charge < -0.3 is 10.0 Å². The van der Waals surface area contributed by atoms with E-state index in [1.165, 1.54) is 36.2 Å². The lowest BCUT2D eigenvalue weighted by atomic mass is 10.2. The van der Waals surface area contributed by atoms with Gasteiger partial charge in [-0.05, 0) is 18.6 Å². The van der Waals surface area contributed by atoms with Crippen molar-refractivity contribution >= 4 is 38.2 Å². The van der Waals surface area contributed by atoms with E-state index in [4.69, 9.17) is 0 Å². The lowest BCUT2D eigenvalue weighted by molar-refractivity contribution is 0.198. The van der Waals surface area contributed by atoms with E-state index in [2.05, 4.69) is 9.97 Å². The molecule has 0 amide bonds. The Morgan fingerprint density at radius 2 is 2.11 bits per heavy atom. The third-order valence-corrected chi connectivity index (χ3v) is 7.25. The third kappa shape index (κ3) is 3.09. The van der Waals surface area contributed by atoms with E-state index in [0.717, 1.165) is 4.31 Å². The highest BCUT2D eigenvalue weighted by atomic mass is 32.2. The summed E-state index contributed by atoms with van der Waals surface area (Å²) in [4.78, 5) is 23.4. The molecule has 0 radical (unpaired) electrons. The Kier molecular flexibility index (Phi) is 4.70. The molecule has 148 valence electrons. The summed E-state index contributed by atoms with van der Waals surface area (Å²) < 4.78 is 27.9. The van der Waals surface area contributed by atoms with Gasteiger partial charge in [0.25, 0.3) is 0 Å². The van der Waals surface area contributed by atoms with Crippen LogP contribution in [0.1, 0.15) is 6.42 Å². The molecule has 1 aliphatic heterocycles. The lowest BCUT2D eigenvalue weighted by Crippen LogP contribution is -2.29. The minimum atomic E-state index is -3.94. The zero-order valence-corrected chi connectivity index (χ0v) is 16.9. The van der Waals surface area contributed by atoms with E-state index >= 15 is 0 Å². The van der Waals surface area contributed by atoms with E-state index in [1.54, 1.807) is 23.7 Å². The molecule has 1 fully saturated rings. The second kappa shape index (κ2) is 6.92. The average molecular weight is 422 g/mol. The maximum absolute atomic E-state index is 13.0. The topological polar surface area (TPSA) is 109 Å². The lowest BCUT2D eigenvalue weighted by Gasteiger charge is -2.19. The van der Waals surface area contributed by atoms with Crippen molar-refractivity contribution in [1.82, 2.24) is 18.8 Å². The van der Waals surface area contributed by atoms with Gasteiger partial charge in [0.15, 0.2) is 10.8 Å². The molecule has 1 unspecified atom stereocenters. The molecule has 0 spiro atoms. The van der Waals surface area contributed by atoms with Gasteiger partial charge in [-0.15, -0.1) is 11.3 Å². The Balaban J connectivity index is 2.00. The fourth-order valence-corrected chi connectivity index (χ4v) is 4.75. The molecule has 1 saturated heterocycles. The van der Waals surface area contributed by atoms with Crippen LogP contribution in [0.15, 0.2) is 39.6 Å². The molecule has 1 N–H and O–H groups in total. The molecule has 4 heterocycles. The second-order valence-electron chi connectivity index (χ2n) is 6.72. The minimum absolute atomic E-state index is 0.196. The zero-order valence-electron chi connectivity index (χ0n) is 15.3. The molecule has 28 heavy (non-hydrogen) atoms. The molecule has 3 aromatic heterocycles. The van der Waals surface area contributed by atoms with Gasteiger partial charge in [-0.1, -0.05) is 0 Å². The number of aliphatic hydroxyl groups is 1. The molecule has 4 rings (SSSR count). The van der Waals surface area contributed by atoms with Crippen LogP contribution < -0.4 is 10.3 Å². The van der Waals surface area contributed by atoms with E-state index in [0.29, 0.717) is 36.1 Å². The molecule has 1 aliphatic rings. The maximum Gasteiger partial charge on any atom is 0.247 e. The smallest absolute Gasteiger partial charge is 0.247 e. The van der Waals surface area contributed by atoms with E-state index in [1.807, 2.05) is 4.90 Å². The van der Waals surface area contributed by atoms with Crippen molar-refractivity contribution in [3.8, 4) is 5.13 Å². The quantitative estimate of drug-likeness (QED) is 0.659. The molecular formula is C17H19N5O4S2. The second-order valence-corrected chi connectivity index (χ2v) is 9.72. The summed E-state index contributed by atoms with van der Waals surface area (Å²) in [5.74, 6) is 0.622. The Bertz CT molecular complexity index is 1190. The number of aliphatic hydroxyl groups excluding tert-OH is 1. The molecule has 0 aromatic carbocycles. The molecule has 1 atom stereocenters.